The SMILES string of the molecule is COCCNC(=S)Nc1cccc(N(C)S(C)(=O)=O)c1. The van der Waals surface area contributed by atoms with Crippen LogP contribution in [0.5, 0.6) is 0 Å². The summed E-state index contributed by atoms with van der Waals surface area (Å²) < 4.78 is 29.1. The van der Waals surface area contributed by atoms with Crippen LogP contribution < -0.4 is 14.9 Å². The standard InChI is InChI=1S/C12H19N3O3S2/c1-15(20(3,16)17)11-6-4-5-10(9-11)14-12(19)13-7-8-18-2/h4-6,9H,7-8H2,1-3H3,(H2,13,14,19). The van der Waals surface area contributed by atoms with Crippen molar-refractivity contribution < 1.29 is 13.2 Å². The molecule has 0 aliphatic carbocycles. The van der Waals surface area contributed by atoms with Gasteiger partial charge in [-0.15, -0.1) is 0 Å². The number of hydrogen-bond donors (Lipinski definition) is 2. The smallest absolute Gasteiger partial charge is 0.231 e. The molecule has 0 amide bonds. The number of anilines is 2. The molecule has 0 saturated heterocycles. The van der Waals surface area contributed by atoms with E-state index in [1.807, 2.05) is 6.07 Å². The molecule has 0 atom stereocenters. The molecule has 0 spiro atoms. The highest BCUT2D eigenvalue weighted by molar-refractivity contribution is 7.92. The van der Waals surface area contributed by atoms with Gasteiger partial charge < -0.3 is 15.4 Å². The van der Waals surface area contributed by atoms with Crippen LogP contribution in [0.3, 0.4) is 0 Å². The lowest BCUT2D eigenvalue weighted by Gasteiger charge is -2.18. The average molecular weight is 317 g/mol. The summed E-state index contributed by atoms with van der Waals surface area (Å²) in [5, 5.41) is 6.42. The molecule has 1 aromatic rings. The fraction of sp³-hybridized carbons (Fsp3) is 0.417. The van der Waals surface area contributed by atoms with E-state index in [0.29, 0.717) is 29.6 Å². The second-order valence-corrected chi connectivity index (χ2v) is 6.58. The molecule has 112 valence electrons. The molecule has 0 aliphatic rings. The van der Waals surface area contributed by atoms with Crippen LogP contribution in [0, 0.1) is 0 Å². The van der Waals surface area contributed by atoms with Crippen molar-refractivity contribution in [3.8, 4) is 0 Å². The Morgan fingerprint density at radius 1 is 1.45 bits per heavy atom. The molecule has 20 heavy (non-hydrogen) atoms. The first-order valence-electron chi connectivity index (χ1n) is 5.92. The van der Waals surface area contributed by atoms with Crippen molar-refractivity contribution in [2.24, 2.45) is 0 Å². The summed E-state index contributed by atoms with van der Waals surface area (Å²) in [5.74, 6) is 0. The van der Waals surface area contributed by atoms with Gasteiger partial charge in [0.1, 0.15) is 0 Å². The molecule has 1 aromatic carbocycles. The Morgan fingerprint density at radius 2 is 2.15 bits per heavy atom. The fourth-order valence-electron chi connectivity index (χ4n) is 1.41. The van der Waals surface area contributed by atoms with Crippen molar-refractivity contribution in [2.45, 2.75) is 0 Å². The van der Waals surface area contributed by atoms with E-state index in [1.54, 1.807) is 25.3 Å². The van der Waals surface area contributed by atoms with Crippen LogP contribution in [0.4, 0.5) is 11.4 Å². The number of thiocarbonyl (C=S) groups is 1. The number of rotatable bonds is 6. The zero-order valence-electron chi connectivity index (χ0n) is 11.7. The van der Waals surface area contributed by atoms with Gasteiger partial charge in [-0.3, -0.25) is 4.31 Å². The maximum Gasteiger partial charge on any atom is 0.231 e. The Hall–Kier alpha value is -1.38. The van der Waals surface area contributed by atoms with Crippen LogP contribution in [0.25, 0.3) is 0 Å². The molecule has 0 heterocycles. The summed E-state index contributed by atoms with van der Waals surface area (Å²) in [6.07, 6.45) is 1.16. The first-order valence-corrected chi connectivity index (χ1v) is 8.18. The lowest BCUT2D eigenvalue weighted by molar-refractivity contribution is 0.204. The first kappa shape index (κ1) is 16.7. The van der Waals surface area contributed by atoms with Gasteiger partial charge in [-0.1, -0.05) is 6.07 Å². The minimum absolute atomic E-state index is 0.459. The molecular weight excluding hydrogens is 298 g/mol. The van der Waals surface area contributed by atoms with Gasteiger partial charge in [0.2, 0.25) is 10.0 Å². The van der Waals surface area contributed by atoms with Crippen LogP contribution in [0.2, 0.25) is 0 Å². The number of benzene rings is 1. The molecule has 6 nitrogen and oxygen atoms in total. The van der Waals surface area contributed by atoms with Crippen molar-refractivity contribution in [3.63, 3.8) is 0 Å². The Kier molecular flexibility index (Phi) is 6.18. The molecule has 0 fully saturated rings. The molecule has 0 aliphatic heterocycles. The molecule has 0 unspecified atom stereocenters. The Morgan fingerprint density at radius 3 is 2.75 bits per heavy atom. The molecule has 0 radical (unpaired) electrons. The fourth-order valence-corrected chi connectivity index (χ4v) is 2.13. The van der Waals surface area contributed by atoms with Gasteiger partial charge in [0, 0.05) is 26.4 Å². The summed E-state index contributed by atoms with van der Waals surface area (Å²) in [6, 6.07) is 7.00. The Labute approximate surface area is 125 Å². The van der Waals surface area contributed by atoms with Crippen molar-refractivity contribution >= 4 is 38.7 Å². The normalized spacial score (nSPS) is 10.9. The van der Waals surface area contributed by atoms with E-state index in [0.717, 1.165) is 6.26 Å². The van der Waals surface area contributed by atoms with E-state index in [1.165, 1.54) is 11.4 Å². The second kappa shape index (κ2) is 7.41. The van der Waals surface area contributed by atoms with Crippen LogP contribution in [-0.2, 0) is 14.8 Å². The summed E-state index contributed by atoms with van der Waals surface area (Å²) in [5.41, 5.74) is 1.28. The van der Waals surface area contributed by atoms with E-state index < -0.39 is 10.0 Å². The predicted molar refractivity (Wildman–Crippen MR) is 85.8 cm³/mol. The van der Waals surface area contributed by atoms with Gasteiger partial charge in [0.05, 0.1) is 18.6 Å². The van der Waals surface area contributed by atoms with E-state index >= 15 is 0 Å². The van der Waals surface area contributed by atoms with Crippen molar-refractivity contribution in [3.05, 3.63) is 24.3 Å². The quantitative estimate of drug-likeness (QED) is 0.603. The van der Waals surface area contributed by atoms with E-state index in [-0.39, 0.29) is 0 Å². The summed E-state index contributed by atoms with van der Waals surface area (Å²) in [4.78, 5) is 0. The highest BCUT2D eigenvalue weighted by Gasteiger charge is 2.12. The number of hydrogen-bond acceptors (Lipinski definition) is 4. The van der Waals surface area contributed by atoms with Crippen LogP contribution >= 0.6 is 12.2 Å². The monoisotopic (exact) mass is 317 g/mol. The third-order valence-electron chi connectivity index (χ3n) is 2.56. The molecule has 1 rings (SSSR count). The molecule has 8 heteroatoms. The zero-order chi connectivity index (χ0) is 15.2. The van der Waals surface area contributed by atoms with Crippen molar-refractivity contribution in [1.29, 1.82) is 0 Å². The van der Waals surface area contributed by atoms with Crippen molar-refractivity contribution in [2.75, 3.05) is 43.2 Å². The van der Waals surface area contributed by atoms with E-state index in [2.05, 4.69) is 10.6 Å². The molecular formula is C12H19N3O3S2. The largest absolute Gasteiger partial charge is 0.383 e. The minimum atomic E-state index is -3.28. The van der Waals surface area contributed by atoms with Gasteiger partial charge in [0.15, 0.2) is 5.11 Å². The summed E-state index contributed by atoms with van der Waals surface area (Å²) in [7, 11) is -0.161. The molecule has 0 saturated carbocycles. The number of nitrogens with zero attached hydrogens (tertiary/aromatic N) is 1. The minimum Gasteiger partial charge on any atom is -0.383 e. The number of sulfonamides is 1. The van der Waals surface area contributed by atoms with Gasteiger partial charge in [-0.2, -0.15) is 0 Å². The number of methoxy groups -OCH3 is 1. The maximum atomic E-state index is 11.5. The summed E-state index contributed by atoms with van der Waals surface area (Å²) in [6.45, 7) is 1.16. The third kappa shape index (κ3) is 5.32. The Balaban J connectivity index is 2.71. The molecule has 0 aromatic heterocycles. The van der Waals surface area contributed by atoms with Crippen molar-refractivity contribution in [1.82, 2.24) is 5.32 Å². The number of ether oxygens (including phenoxy) is 1. The molecule has 2 N–H and O–H groups in total. The lowest BCUT2D eigenvalue weighted by atomic mass is 10.3. The zero-order valence-corrected chi connectivity index (χ0v) is 13.3. The predicted octanol–water partition coefficient (Wildman–Crippen LogP) is 1.02. The van der Waals surface area contributed by atoms with Gasteiger partial charge >= 0.3 is 0 Å². The van der Waals surface area contributed by atoms with E-state index in [4.69, 9.17) is 17.0 Å². The topological polar surface area (TPSA) is 70.7 Å². The highest BCUT2D eigenvalue weighted by Crippen LogP contribution is 2.20. The first-order chi connectivity index (χ1) is 9.34. The summed E-state index contributed by atoms with van der Waals surface area (Å²) >= 11 is 5.12. The number of nitrogens with one attached hydrogen (secondary N) is 2. The lowest BCUT2D eigenvalue weighted by Crippen LogP contribution is -2.31. The van der Waals surface area contributed by atoms with Crippen LogP contribution in [0.1, 0.15) is 0 Å². The molecule has 0 bridgehead atoms. The second-order valence-electron chi connectivity index (χ2n) is 4.15. The van der Waals surface area contributed by atoms with E-state index in [9.17, 15) is 8.42 Å². The van der Waals surface area contributed by atoms with Gasteiger partial charge in [0.25, 0.3) is 0 Å². The van der Waals surface area contributed by atoms with Crippen LogP contribution in [0.15, 0.2) is 24.3 Å². The van der Waals surface area contributed by atoms with Gasteiger partial charge in [-0.05, 0) is 30.4 Å². The Bertz CT molecular complexity index is 561. The maximum absolute atomic E-state index is 11.5. The van der Waals surface area contributed by atoms with Gasteiger partial charge in [-0.25, -0.2) is 8.42 Å². The highest BCUT2D eigenvalue weighted by atomic mass is 32.2. The van der Waals surface area contributed by atoms with Crippen LogP contribution in [-0.4, -0.2) is 47.1 Å². The third-order valence-corrected chi connectivity index (χ3v) is 4.01. The average Bonchev–Trinajstić information content (AvgIpc) is 2.37.